The number of carbonyl (C=O) groups excluding carboxylic acids is 2. The van der Waals surface area contributed by atoms with E-state index in [1.807, 2.05) is 0 Å². The van der Waals surface area contributed by atoms with Gasteiger partial charge in [0.15, 0.2) is 0 Å². The van der Waals surface area contributed by atoms with Crippen molar-refractivity contribution < 1.29 is 14.0 Å². The Labute approximate surface area is 139 Å². The highest BCUT2D eigenvalue weighted by molar-refractivity contribution is 5.94. The number of nitrogens with one attached hydrogen (secondary N) is 2. The number of imidazole rings is 1. The Hall–Kier alpha value is -2.70. The number of benzene rings is 1. The van der Waals surface area contributed by atoms with Crippen LogP contribution in [0, 0.1) is 5.82 Å². The molecule has 1 atom stereocenters. The Morgan fingerprint density at radius 3 is 2.83 bits per heavy atom. The van der Waals surface area contributed by atoms with Crippen LogP contribution in [0.2, 0.25) is 0 Å². The molecule has 1 saturated heterocycles. The van der Waals surface area contributed by atoms with Gasteiger partial charge in [-0.25, -0.2) is 9.37 Å². The number of nitrogens with zero attached hydrogens (tertiary/aromatic N) is 2. The van der Waals surface area contributed by atoms with E-state index in [4.69, 9.17) is 0 Å². The molecule has 2 aromatic rings. The van der Waals surface area contributed by atoms with E-state index < -0.39 is 0 Å². The summed E-state index contributed by atoms with van der Waals surface area (Å²) in [5.74, 6) is 0.420. The molecule has 2 amide bonds. The molecule has 7 heteroatoms. The highest BCUT2D eigenvalue weighted by Gasteiger charge is 2.29. The summed E-state index contributed by atoms with van der Waals surface area (Å²) in [7, 11) is 0. The lowest BCUT2D eigenvalue weighted by molar-refractivity contribution is -0.119. The monoisotopic (exact) mass is 330 g/mol. The molecule has 1 aliphatic rings. The summed E-state index contributed by atoms with van der Waals surface area (Å²) in [5.41, 5.74) is 1.33. The molecule has 126 valence electrons. The molecule has 2 N–H and O–H groups in total. The maximum atomic E-state index is 13.0. The van der Waals surface area contributed by atoms with Crippen molar-refractivity contribution in [1.29, 1.82) is 0 Å². The van der Waals surface area contributed by atoms with E-state index >= 15 is 0 Å². The first kappa shape index (κ1) is 16.2. The highest BCUT2D eigenvalue weighted by atomic mass is 19.1. The third kappa shape index (κ3) is 3.61. The maximum absolute atomic E-state index is 13.0. The predicted molar refractivity (Wildman–Crippen MR) is 85.8 cm³/mol. The number of carbonyl (C=O) groups is 2. The first-order chi connectivity index (χ1) is 11.5. The SMILES string of the molecule is CC(=O)NCc1cnc([C@@H]2CCN(C(=O)c3ccc(F)cc3)C2)[nH]1. The second-order valence-electron chi connectivity index (χ2n) is 5.95. The first-order valence-electron chi connectivity index (χ1n) is 7.86. The standard InChI is InChI=1S/C17H19FN4O2/c1-11(23)19-8-15-9-20-16(21-15)13-6-7-22(10-13)17(24)12-2-4-14(18)5-3-12/h2-5,9,13H,6-8,10H2,1H3,(H,19,23)(H,20,21)/t13-/m1/s1. The maximum Gasteiger partial charge on any atom is 0.253 e. The quantitative estimate of drug-likeness (QED) is 0.897. The van der Waals surface area contributed by atoms with Gasteiger partial charge in [0.2, 0.25) is 5.91 Å². The lowest BCUT2D eigenvalue weighted by atomic mass is 10.1. The molecule has 1 aliphatic heterocycles. The van der Waals surface area contributed by atoms with E-state index in [1.54, 1.807) is 11.1 Å². The van der Waals surface area contributed by atoms with Crippen molar-refractivity contribution in [3.63, 3.8) is 0 Å². The fourth-order valence-electron chi connectivity index (χ4n) is 2.84. The van der Waals surface area contributed by atoms with Gasteiger partial charge in [-0.2, -0.15) is 0 Å². The van der Waals surface area contributed by atoms with Crippen LogP contribution in [-0.2, 0) is 11.3 Å². The number of hydrogen-bond donors (Lipinski definition) is 2. The van der Waals surface area contributed by atoms with Gasteiger partial charge in [0.05, 0.1) is 18.4 Å². The molecule has 0 radical (unpaired) electrons. The van der Waals surface area contributed by atoms with Gasteiger partial charge >= 0.3 is 0 Å². The number of amides is 2. The highest BCUT2D eigenvalue weighted by Crippen LogP contribution is 2.26. The molecule has 0 aliphatic carbocycles. The molecular weight excluding hydrogens is 311 g/mol. The molecule has 1 fully saturated rings. The lowest BCUT2D eigenvalue weighted by Crippen LogP contribution is -2.28. The van der Waals surface area contributed by atoms with Crippen LogP contribution >= 0.6 is 0 Å². The van der Waals surface area contributed by atoms with Crippen molar-refractivity contribution in [3.8, 4) is 0 Å². The smallest absolute Gasteiger partial charge is 0.253 e. The average molecular weight is 330 g/mol. The van der Waals surface area contributed by atoms with Gasteiger partial charge in [0, 0.05) is 31.5 Å². The minimum absolute atomic E-state index is 0.0944. The number of rotatable bonds is 4. The Bertz CT molecular complexity index is 741. The molecule has 1 aromatic heterocycles. The van der Waals surface area contributed by atoms with Crippen molar-refractivity contribution >= 4 is 11.8 Å². The molecule has 2 heterocycles. The molecule has 0 saturated carbocycles. The topological polar surface area (TPSA) is 78.1 Å². The number of H-pyrrole nitrogens is 1. The molecule has 0 unspecified atom stereocenters. The number of hydrogen-bond acceptors (Lipinski definition) is 3. The summed E-state index contributed by atoms with van der Waals surface area (Å²) < 4.78 is 13.0. The van der Waals surface area contributed by atoms with Crippen LogP contribution < -0.4 is 5.32 Å². The van der Waals surface area contributed by atoms with Crippen LogP contribution in [-0.4, -0.2) is 39.8 Å². The minimum atomic E-state index is -0.354. The Balaban J connectivity index is 1.61. The molecule has 0 spiro atoms. The summed E-state index contributed by atoms with van der Waals surface area (Å²) in [6.07, 6.45) is 2.52. The number of likely N-dealkylation sites (tertiary alicyclic amines) is 1. The van der Waals surface area contributed by atoms with Crippen molar-refractivity contribution in [2.45, 2.75) is 25.8 Å². The van der Waals surface area contributed by atoms with Crippen LogP contribution in [0.1, 0.15) is 41.1 Å². The molecule has 6 nitrogen and oxygen atoms in total. The van der Waals surface area contributed by atoms with Gasteiger partial charge in [0.25, 0.3) is 5.91 Å². The third-order valence-corrected chi connectivity index (χ3v) is 4.13. The Morgan fingerprint density at radius 2 is 2.12 bits per heavy atom. The number of halogens is 1. The lowest BCUT2D eigenvalue weighted by Gasteiger charge is -2.16. The van der Waals surface area contributed by atoms with Crippen LogP contribution in [0.15, 0.2) is 30.5 Å². The van der Waals surface area contributed by atoms with Crippen molar-refractivity contribution in [2.24, 2.45) is 0 Å². The first-order valence-corrected chi connectivity index (χ1v) is 7.86. The summed E-state index contributed by atoms with van der Waals surface area (Å²) >= 11 is 0. The predicted octanol–water partition coefficient (Wildman–Crippen LogP) is 1.81. The van der Waals surface area contributed by atoms with Crippen molar-refractivity contribution in [1.82, 2.24) is 20.2 Å². The zero-order valence-electron chi connectivity index (χ0n) is 13.4. The fraction of sp³-hybridized carbons (Fsp3) is 0.353. The average Bonchev–Trinajstić information content (AvgIpc) is 3.22. The van der Waals surface area contributed by atoms with Gasteiger partial charge in [0.1, 0.15) is 11.6 Å². The van der Waals surface area contributed by atoms with E-state index in [9.17, 15) is 14.0 Å². The largest absolute Gasteiger partial charge is 0.351 e. The van der Waals surface area contributed by atoms with E-state index in [0.717, 1.165) is 17.9 Å². The van der Waals surface area contributed by atoms with E-state index in [0.29, 0.717) is 25.2 Å². The summed E-state index contributed by atoms with van der Waals surface area (Å²) in [6.45, 7) is 3.09. The van der Waals surface area contributed by atoms with E-state index in [1.165, 1.54) is 31.2 Å². The molecule has 3 rings (SSSR count). The fourth-order valence-corrected chi connectivity index (χ4v) is 2.84. The van der Waals surface area contributed by atoms with Crippen LogP contribution in [0.3, 0.4) is 0 Å². The van der Waals surface area contributed by atoms with Gasteiger partial charge in [-0.1, -0.05) is 0 Å². The number of aromatic nitrogens is 2. The zero-order chi connectivity index (χ0) is 17.1. The van der Waals surface area contributed by atoms with Crippen molar-refractivity contribution in [3.05, 3.63) is 53.4 Å². The normalized spacial score (nSPS) is 17.1. The van der Waals surface area contributed by atoms with Gasteiger partial charge in [-0.3, -0.25) is 9.59 Å². The zero-order valence-corrected chi connectivity index (χ0v) is 13.4. The van der Waals surface area contributed by atoms with Crippen LogP contribution in [0.25, 0.3) is 0 Å². The van der Waals surface area contributed by atoms with Gasteiger partial charge in [-0.05, 0) is 30.7 Å². The minimum Gasteiger partial charge on any atom is -0.351 e. The van der Waals surface area contributed by atoms with E-state index in [-0.39, 0.29) is 23.5 Å². The second-order valence-corrected chi connectivity index (χ2v) is 5.95. The van der Waals surface area contributed by atoms with Gasteiger partial charge in [-0.15, -0.1) is 0 Å². The molecular formula is C17H19FN4O2. The second kappa shape index (κ2) is 6.82. The summed E-state index contributed by atoms with van der Waals surface area (Å²) in [4.78, 5) is 32.7. The third-order valence-electron chi connectivity index (χ3n) is 4.13. The Kier molecular flexibility index (Phi) is 4.59. The number of aromatic amines is 1. The van der Waals surface area contributed by atoms with E-state index in [2.05, 4.69) is 15.3 Å². The summed E-state index contributed by atoms with van der Waals surface area (Å²) in [6, 6.07) is 5.59. The summed E-state index contributed by atoms with van der Waals surface area (Å²) in [5, 5.41) is 2.71. The van der Waals surface area contributed by atoms with Gasteiger partial charge < -0.3 is 15.2 Å². The Morgan fingerprint density at radius 1 is 1.38 bits per heavy atom. The van der Waals surface area contributed by atoms with Crippen molar-refractivity contribution in [2.75, 3.05) is 13.1 Å². The van der Waals surface area contributed by atoms with Crippen LogP contribution in [0.5, 0.6) is 0 Å². The molecule has 1 aromatic carbocycles. The molecule has 24 heavy (non-hydrogen) atoms. The van der Waals surface area contributed by atoms with Crippen LogP contribution in [0.4, 0.5) is 4.39 Å². The molecule has 0 bridgehead atoms.